The van der Waals surface area contributed by atoms with Crippen molar-refractivity contribution in [1.29, 1.82) is 0 Å². The molecule has 0 bridgehead atoms. The Morgan fingerprint density at radius 2 is 0.983 bits per heavy atom. The van der Waals surface area contributed by atoms with Gasteiger partial charge < -0.3 is 4.57 Å². The summed E-state index contributed by atoms with van der Waals surface area (Å²) >= 11 is 0. The Morgan fingerprint density at radius 3 is 1.63 bits per heavy atom. The van der Waals surface area contributed by atoms with Crippen molar-refractivity contribution in [2.45, 2.75) is 17.0 Å². The zero-order chi connectivity index (χ0) is 40.0. The molecule has 7 aromatic carbocycles. The predicted octanol–water partition coefficient (Wildman–Crippen LogP) is 13.1. The molecule has 0 radical (unpaired) electrons. The van der Waals surface area contributed by atoms with Gasteiger partial charge >= 0.3 is 0 Å². The van der Waals surface area contributed by atoms with E-state index in [0.29, 0.717) is 23.9 Å². The van der Waals surface area contributed by atoms with Gasteiger partial charge in [0.05, 0.1) is 12.6 Å². The van der Waals surface area contributed by atoms with Gasteiger partial charge in [-0.3, -0.25) is 0 Å². The summed E-state index contributed by atoms with van der Waals surface area (Å²) in [6.07, 6.45) is 6.73. The molecule has 5 heteroatoms. The van der Waals surface area contributed by atoms with Crippen molar-refractivity contribution in [3.8, 4) is 45.0 Å². The number of benzene rings is 7. The average molecular weight is 780 g/mol. The highest BCUT2D eigenvalue weighted by atomic mass is 31.2. The number of rotatable bonds is 8. The second-order valence-electron chi connectivity index (χ2n) is 15.9. The topological polar surface area (TPSA) is 55.7 Å². The summed E-state index contributed by atoms with van der Waals surface area (Å²) in [4.78, 5) is 16.1. The zero-order valence-corrected chi connectivity index (χ0v) is 33.9. The number of hydrogen-bond donors (Lipinski definition) is 0. The molecule has 0 amide bonds. The standard InChI is InChI=1S/C54H42N3OP/c1-59(2,58)53(36-18-23-42(37-53)39-21-9-4-10-22-39)52-56-50(41-34-32-40(33-35-41)38-19-7-3-8-20-38)55-51(57-52)46-29-17-31-48-49(46)45-28-15-16-30-47(45)54(48,43-24-11-5-12-25-43)44-26-13-6-14-27-44/h3-36H,37H2,1-2H3. The fourth-order valence-electron chi connectivity index (χ4n) is 9.29. The molecule has 1 atom stereocenters. The van der Waals surface area contributed by atoms with Gasteiger partial charge in [0.2, 0.25) is 0 Å². The maximum absolute atomic E-state index is 14.9. The van der Waals surface area contributed by atoms with E-state index in [1.165, 1.54) is 22.3 Å². The maximum Gasteiger partial charge on any atom is 0.164 e. The minimum Gasteiger partial charge on any atom is -0.323 e. The third kappa shape index (κ3) is 6.06. The van der Waals surface area contributed by atoms with Crippen LogP contribution in [0.5, 0.6) is 0 Å². The Hall–Kier alpha value is -6.74. The summed E-state index contributed by atoms with van der Waals surface area (Å²) in [6.45, 7) is 3.74. The molecule has 1 unspecified atom stereocenters. The average Bonchev–Trinajstić information content (AvgIpc) is 3.61. The van der Waals surface area contributed by atoms with E-state index in [2.05, 4.69) is 176 Å². The largest absolute Gasteiger partial charge is 0.323 e. The molecule has 0 aliphatic heterocycles. The van der Waals surface area contributed by atoms with Crippen LogP contribution in [0.3, 0.4) is 0 Å². The Kier molecular flexibility index (Phi) is 9.04. The number of allylic oxidation sites excluding steroid dienone is 4. The second-order valence-corrected chi connectivity index (χ2v) is 19.4. The molecule has 0 spiro atoms. The van der Waals surface area contributed by atoms with E-state index in [1.54, 1.807) is 0 Å². The van der Waals surface area contributed by atoms with Crippen molar-refractivity contribution in [3.05, 3.63) is 240 Å². The first-order valence-electron chi connectivity index (χ1n) is 20.1. The number of nitrogens with zero attached hydrogens (tertiary/aromatic N) is 3. The molecule has 284 valence electrons. The minimum atomic E-state index is -2.97. The molecule has 0 saturated heterocycles. The third-order valence-electron chi connectivity index (χ3n) is 12.2. The molecule has 2 aliphatic carbocycles. The fourth-order valence-corrected chi connectivity index (χ4v) is 10.9. The summed E-state index contributed by atoms with van der Waals surface area (Å²) < 4.78 is 14.9. The predicted molar refractivity (Wildman–Crippen MR) is 243 cm³/mol. The lowest BCUT2D eigenvalue weighted by molar-refractivity contribution is 0.549. The van der Waals surface area contributed by atoms with Crippen molar-refractivity contribution in [3.63, 3.8) is 0 Å². The highest BCUT2D eigenvalue weighted by molar-refractivity contribution is 7.63. The Morgan fingerprint density at radius 1 is 0.475 bits per heavy atom. The monoisotopic (exact) mass is 779 g/mol. The lowest BCUT2D eigenvalue weighted by Gasteiger charge is -2.36. The van der Waals surface area contributed by atoms with Gasteiger partial charge in [-0.15, -0.1) is 0 Å². The summed E-state index contributed by atoms with van der Waals surface area (Å²) in [5, 5.41) is -0.975. The quantitative estimate of drug-likeness (QED) is 0.144. The van der Waals surface area contributed by atoms with Gasteiger partial charge in [-0.25, -0.2) is 15.0 Å². The molecule has 8 aromatic rings. The minimum absolute atomic E-state index is 0.495. The van der Waals surface area contributed by atoms with Crippen LogP contribution in [0, 0.1) is 0 Å². The van der Waals surface area contributed by atoms with Crippen molar-refractivity contribution in [2.24, 2.45) is 0 Å². The van der Waals surface area contributed by atoms with Crippen LogP contribution in [-0.4, -0.2) is 28.3 Å². The van der Waals surface area contributed by atoms with Crippen LogP contribution in [-0.2, 0) is 15.1 Å². The van der Waals surface area contributed by atoms with Gasteiger partial charge in [0, 0.05) is 11.1 Å². The van der Waals surface area contributed by atoms with Crippen molar-refractivity contribution >= 4 is 12.7 Å². The van der Waals surface area contributed by atoms with Gasteiger partial charge in [-0.2, -0.15) is 0 Å². The Bertz CT molecular complexity index is 2900. The van der Waals surface area contributed by atoms with E-state index in [9.17, 15) is 4.57 Å². The fraction of sp³-hybridized carbons (Fsp3) is 0.0926. The van der Waals surface area contributed by atoms with Crippen LogP contribution < -0.4 is 0 Å². The summed E-state index contributed by atoms with van der Waals surface area (Å²) in [5.41, 5.74) is 12.6. The number of hydrogen-bond acceptors (Lipinski definition) is 4. The van der Waals surface area contributed by atoms with Crippen molar-refractivity contribution in [2.75, 3.05) is 13.3 Å². The molecule has 1 heterocycles. The van der Waals surface area contributed by atoms with Gasteiger partial charge in [-0.1, -0.05) is 206 Å². The smallest absolute Gasteiger partial charge is 0.164 e. The first-order valence-corrected chi connectivity index (χ1v) is 22.7. The highest BCUT2D eigenvalue weighted by Crippen LogP contribution is 2.63. The second kappa shape index (κ2) is 14.6. The van der Waals surface area contributed by atoms with E-state index in [-0.39, 0.29) is 0 Å². The van der Waals surface area contributed by atoms with E-state index < -0.39 is 17.7 Å². The molecule has 2 aliphatic rings. The number of fused-ring (bicyclic) bond motifs is 3. The molecule has 0 fully saturated rings. The lowest BCUT2D eigenvalue weighted by atomic mass is 9.67. The van der Waals surface area contributed by atoms with Crippen LogP contribution in [0.15, 0.2) is 206 Å². The Labute approximate surface area is 346 Å². The van der Waals surface area contributed by atoms with Crippen molar-refractivity contribution < 1.29 is 4.57 Å². The van der Waals surface area contributed by atoms with Gasteiger partial charge in [0.15, 0.2) is 17.5 Å². The first kappa shape index (κ1) is 36.6. The highest BCUT2D eigenvalue weighted by Gasteiger charge is 2.48. The van der Waals surface area contributed by atoms with Crippen LogP contribution in [0.2, 0.25) is 0 Å². The normalized spacial score (nSPS) is 16.5. The molecular weight excluding hydrogens is 738 g/mol. The van der Waals surface area contributed by atoms with E-state index in [0.717, 1.165) is 44.5 Å². The van der Waals surface area contributed by atoms with Crippen LogP contribution in [0.25, 0.3) is 50.6 Å². The molecule has 10 rings (SSSR count). The molecule has 0 N–H and O–H groups in total. The summed E-state index contributed by atoms with van der Waals surface area (Å²) in [7, 11) is -2.97. The van der Waals surface area contributed by atoms with E-state index in [1.807, 2.05) is 43.7 Å². The maximum atomic E-state index is 14.9. The third-order valence-corrected chi connectivity index (χ3v) is 14.7. The van der Waals surface area contributed by atoms with Crippen LogP contribution >= 0.6 is 7.14 Å². The van der Waals surface area contributed by atoms with Crippen LogP contribution in [0.1, 0.15) is 40.1 Å². The molecule has 0 saturated carbocycles. The molecule has 1 aromatic heterocycles. The zero-order valence-electron chi connectivity index (χ0n) is 33.0. The summed E-state index contributed by atoms with van der Waals surface area (Å²) in [6, 6.07) is 66.0. The van der Waals surface area contributed by atoms with Crippen molar-refractivity contribution in [1.82, 2.24) is 15.0 Å². The van der Waals surface area contributed by atoms with Gasteiger partial charge in [0.1, 0.15) is 5.16 Å². The molecular formula is C54H42N3OP. The van der Waals surface area contributed by atoms with Gasteiger partial charge in [0.25, 0.3) is 0 Å². The number of aromatic nitrogens is 3. The first-order chi connectivity index (χ1) is 28.9. The Balaban J connectivity index is 1.23. The van der Waals surface area contributed by atoms with Crippen LogP contribution in [0.4, 0.5) is 0 Å². The lowest BCUT2D eigenvalue weighted by Crippen LogP contribution is -2.29. The summed E-state index contributed by atoms with van der Waals surface area (Å²) in [5.74, 6) is 1.61. The molecule has 4 nitrogen and oxygen atoms in total. The van der Waals surface area contributed by atoms with E-state index >= 15 is 0 Å². The SMILES string of the molecule is CP(C)(=O)C1(c2nc(-c3ccc(-c4ccccc4)cc3)nc(-c3cccc4c3-c3ccccc3C4(c3ccccc3)c3ccccc3)n2)C=CC=C(c2ccccc2)C1. The van der Waals surface area contributed by atoms with E-state index in [4.69, 9.17) is 15.0 Å². The molecule has 59 heavy (non-hydrogen) atoms. The van der Waals surface area contributed by atoms with Gasteiger partial charge in [-0.05, 0) is 75.4 Å².